The van der Waals surface area contributed by atoms with Crippen molar-refractivity contribution in [2.45, 2.75) is 12.1 Å². The molecular formula is C12H7F5N2O. The largest absolute Gasteiger partial charge is 0.461 e. The van der Waals surface area contributed by atoms with Crippen LogP contribution in [0.15, 0.2) is 36.5 Å². The number of para-hydroxylation sites is 1. The van der Waals surface area contributed by atoms with E-state index in [4.69, 9.17) is 0 Å². The summed E-state index contributed by atoms with van der Waals surface area (Å²) in [6, 6.07) is 7.04. The molecule has 0 aliphatic heterocycles. The van der Waals surface area contributed by atoms with E-state index in [0.717, 1.165) is 0 Å². The Bertz CT molecular complexity index is 619. The maximum atomic E-state index is 13.4. The molecule has 0 saturated carbocycles. The van der Waals surface area contributed by atoms with Crippen molar-refractivity contribution >= 4 is 6.29 Å². The average molecular weight is 290 g/mol. The number of hydrogen-bond acceptors (Lipinski definition) is 2. The van der Waals surface area contributed by atoms with Crippen LogP contribution in [0.2, 0.25) is 0 Å². The summed E-state index contributed by atoms with van der Waals surface area (Å²) in [6.45, 7) is 0. The zero-order valence-electron chi connectivity index (χ0n) is 9.73. The maximum absolute atomic E-state index is 13.4. The van der Waals surface area contributed by atoms with Crippen LogP contribution in [-0.4, -0.2) is 22.0 Å². The zero-order chi connectivity index (χ0) is 15.0. The van der Waals surface area contributed by atoms with E-state index in [1.807, 2.05) is 0 Å². The fourth-order valence-corrected chi connectivity index (χ4v) is 1.64. The Morgan fingerprint density at radius 3 is 2.15 bits per heavy atom. The quantitative estimate of drug-likeness (QED) is 0.642. The molecule has 0 spiro atoms. The van der Waals surface area contributed by atoms with E-state index in [2.05, 4.69) is 4.98 Å². The molecule has 1 aromatic heterocycles. The topological polar surface area (TPSA) is 34.9 Å². The van der Waals surface area contributed by atoms with Crippen LogP contribution in [0.3, 0.4) is 0 Å². The van der Waals surface area contributed by atoms with Crippen molar-refractivity contribution in [3.63, 3.8) is 0 Å². The SMILES string of the molecule is O=Cc1cnc(C(F)(F)C(F)(F)F)n1-c1ccccc1. The molecule has 2 rings (SSSR count). The van der Waals surface area contributed by atoms with Gasteiger partial charge in [0.1, 0.15) is 5.69 Å². The summed E-state index contributed by atoms with van der Waals surface area (Å²) in [6.07, 6.45) is -4.96. The third kappa shape index (κ3) is 2.17. The normalized spacial score (nSPS) is 12.4. The molecule has 0 aliphatic rings. The molecule has 0 amide bonds. The number of aldehydes is 1. The number of rotatable bonds is 3. The van der Waals surface area contributed by atoms with E-state index in [9.17, 15) is 26.7 Å². The van der Waals surface area contributed by atoms with Gasteiger partial charge in [-0.05, 0) is 12.1 Å². The second-order valence-electron chi connectivity index (χ2n) is 3.87. The molecule has 0 saturated heterocycles. The van der Waals surface area contributed by atoms with E-state index in [-0.39, 0.29) is 12.0 Å². The number of imidazole rings is 1. The highest BCUT2D eigenvalue weighted by molar-refractivity contribution is 5.73. The number of nitrogens with zero attached hydrogens (tertiary/aromatic N) is 2. The Morgan fingerprint density at radius 1 is 1.05 bits per heavy atom. The van der Waals surface area contributed by atoms with Crippen LogP contribution in [-0.2, 0) is 5.92 Å². The first kappa shape index (κ1) is 14.2. The van der Waals surface area contributed by atoms with Gasteiger partial charge in [0.05, 0.1) is 6.20 Å². The van der Waals surface area contributed by atoms with Crippen molar-refractivity contribution in [3.05, 3.63) is 48.0 Å². The van der Waals surface area contributed by atoms with Crippen LogP contribution in [0.25, 0.3) is 5.69 Å². The molecule has 1 heterocycles. The fraction of sp³-hybridized carbons (Fsp3) is 0.167. The molecular weight excluding hydrogens is 283 g/mol. The molecule has 0 aliphatic carbocycles. The van der Waals surface area contributed by atoms with Gasteiger partial charge in [-0.15, -0.1) is 0 Å². The van der Waals surface area contributed by atoms with Crippen LogP contribution in [0, 0.1) is 0 Å². The Morgan fingerprint density at radius 2 is 1.65 bits per heavy atom. The minimum absolute atomic E-state index is 0.00831. The Kier molecular flexibility index (Phi) is 3.33. The Labute approximate surface area is 109 Å². The molecule has 8 heteroatoms. The molecule has 1 aromatic carbocycles. The number of alkyl halides is 5. The predicted molar refractivity (Wildman–Crippen MR) is 58.9 cm³/mol. The molecule has 0 bridgehead atoms. The van der Waals surface area contributed by atoms with E-state index in [0.29, 0.717) is 10.8 Å². The van der Waals surface area contributed by atoms with Gasteiger partial charge in [0.25, 0.3) is 0 Å². The van der Waals surface area contributed by atoms with Crippen LogP contribution in [0.4, 0.5) is 22.0 Å². The fourth-order valence-electron chi connectivity index (χ4n) is 1.64. The van der Waals surface area contributed by atoms with Crippen LogP contribution in [0.5, 0.6) is 0 Å². The van der Waals surface area contributed by atoms with Gasteiger partial charge in [0.15, 0.2) is 12.1 Å². The summed E-state index contributed by atoms with van der Waals surface area (Å²) in [5.41, 5.74) is -0.402. The smallest absolute Gasteiger partial charge is 0.296 e. The van der Waals surface area contributed by atoms with Crippen molar-refractivity contribution in [1.82, 2.24) is 9.55 Å². The predicted octanol–water partition coefficient (Wildman–Crippen LogP) is 3.34. The molecule has 0 atom stereocenters. The molecule has 0 N–H and O–H groups in total. The summed E-state index contributed by atoms with van der Waals surface area (Å²) in [7, 11) is 0. The first-order valence-electron chi connectivity index (χ1n) is 5.32. The van der Waals surface area contributed by atoms with Gasteiger partial charge >= 0.3 is 12.1 Å². The van der Waals surface area contributed by atoms with Crippen molar-refractivity contribution in [2.24, 2.45) is 0 Å². The molecule has 0 fully saturated rings. The monoisotopic (exact) mass is 290 g/mol. The van der Waals surface area contributed by atoms with Gasteiger partial charge in [-0.2, -0.15) is 22.0 Å². The number of aromatic nitrogens is 2. The lowest BCUT2D eigenvalue weighted by Crippen LogP contribution is -2.36. The molecule has 106 valence electrons. The van der Waals surface area contributed by atoms with Crippen molar-refractivity contribution in [1.29, 1.82) is 0 Å². The first-order valence-corrected chi connectivity index (χ1v) is 5.32. The molecule has 3 nitrogen and oxygen atoms in total. The first-order chi connectivity index (χ1) is 9.29. The Hall–Kier alpha value is -2.25. The van der Waals surface area contributed by atoms with Crippen LogP contribution in [0.1, 0.15) is 16.3 Å². The lowest BCUT2D eigenvalue weighted by Gasteiger charge is -2.20. The summed E-state index contributed by atoms with van der Waals surface area (Å²) in [5, 5.41) is 0. The highest BCUT2D eigenvalue weighted by atomic mass is 19.4. The highest BCUT2D eigenvalue weighted by Gasteiger charge is 2.61. The number of hydrogen-bond donors (Lipinski definition) is 0. The van der Waals surface area contributed by atoms with Crippen LogP contribution < -0.4 is 0 Å². The minimum Gasteiger partial charge on any atom is -0.296 e. The van der Waals surface area contributed by atoms with E-state index >= 15 is 0 Å². The number of benzene rings is 1. The lowest BCUT2D eigenvalue weighted by atomic mass is 10.2. The highest BCUT2D eigenvalue weighted by Crippen LogP contribution is 2.43. The maximum Gasteiger partial charge on any atom is 0.461 e. The van der Waals surface area contributed by atoms with Crippen LogP contribution >= 0.6 is 0 Å². The van der Waals surface area contributed by atoms with Crippen molar-refractivity contribution in [3.8, 4) is 5.69 Å². The Balaban J connectivity index is 2.69. The van der Waals surface area contributed by atoms with Crippen molar-refractivity contribution < 1.29 is 26.7 Å². The minimum atomic E-state index is -5.80. The molecule has 20 heavy (non-hydrogen) atoms. The summed E-state index contributed by atoms with van der Waals surface area (Å²) in [5.74, 6) is -6.71. The van der Waals surface area contributed by atoms with Gasteiger partial charge in [-0.1, -0.05) is 18.2 Å². The lowest BCUT2D eigenvalue weighted by molar-refractivity contribution is -0.293. The van der Waals surface area contributed by atoms with Gasteiger partial charge < -0.3 is 0 Å². The number of carbonyl (C=O) groups excluding carboxylic acids is 1. The van der Waals surface area contributed by atoms with Gasteiger partial charge in [-0.3, -0.25) is 9.36 Å². The molecule has 0 unspecified atom stereocenters. The second kappa shape index (κ2) is 4.69. The third-order valence-corrected chi connectivity index (χ3v) is 2.56. The van der Waals surface area contributed by atoms with Gasteiger partial charge in [0.2, 0.25) is 0 Å². The van der Waals surface area contributed by atoms with E-state index in [1.165, 1.54) is 24.3 Å². The van der Waals surface area contributed by atoms with E-state index < -0.39 is 23.6 Å². The second-order valence-corrected chi connectivity index (χ2v) is 3.87. The van der Waals surface area contributed by atoms with E-state index in [1.54, 1.807) is 6.07 Å². The number of halogens is 5. The standard InChI is InChI=1S/C12H7F5N2O/c13-11(14,12(15,16)17)10-18-6-9(7-20)19(10)8-4-2-1-3-5-8/h1-7H. The summed E-state index contributed by atoms with van der Waals surface area (Å²) >= 11 is 0. The molecule has 0 radical (unpaired) electrons. The van der Waals surface area contributed by atoms with Crippen molar-refractivity contribution in [2.75, 3.05) is 0 Å². The van der Waals surface area contributed by atoms with Gasteiger partial charge in [-0.25, -0.2) is 4.98 Å². The summed E-state index contributed by atoms with van der Waals surface area (Å²) in [4.78, 5) is 13.9. The van der Waals surface area contributed by atoms with Gasteiger partial charge in [0, 0.05) is 5.69 Å². The average Bonchev–Trinajstić information content (AvgIpc) is 2.82. The zero-order valence-corrected chi connectivity index (χ0v) is 9.73. The third-order valence-electron chi connectivity index (χ3n) is 2.56. The summed E-state index contributed by atoms with van der Waals surface area (Å²) < 4.78 is 64.7. The molecule has 2 aromatic rings. The number of carbonyl (C=O) groups is 1.